The van der Waals surface area contributed by atoms with Crippen molar-refractivity contribution < 1.29 is 9.90 Å². The second-order valence-electron chi connectivity index (χ2n) is 4.35. The Kier molecular flexibility index (Phi) is 4.10. The first kappa shape index (κ1) is 13.2. The average Bonchev–Trinajstić information content (AvgIpc) is 2.19. The summed E-state index contributed by atoms with van der Waals surface area (Å²) in [7, 11) is 1.68. The van der Waals surface area contributed by atoms with E-state index in [0.717, 1.165) is 10.0 Å². The monoisotopic (exact) mass is 285 g/mol. The Morgan fingerprint density at radius 1 is 1.38 bits per heavy atom. The molecule has 0 aliphatic carbocycles. The minimum absolute atomic E-state index is 0.282. The molecule has 3 nitrogen and oxygen atoms in total. The van der Waals surface area contributed by atoms with Crippen LogP contribution in [0.25, 0.3) is 0 Å². The van der Waals surface area contributed by atoms with Crippen LogP contribution in [0.3, 0.4) is 0 Å². The van der Waals surface area contributed by atoms with Gasteiger partial charge in [0.2, 0.25) is 0 Å². The summed E-state index contributed by atoms with van der Waals surface area (Å²) >= 11 is 3.35. The van der Waals surface area contributed by atoms with Crippen molar-refractivity contribution in [1.29, 1.82) is 0 Å². The molecule has 1 aromatic carbocycles. The van der Waals surface area contributed by atoms with Crippen molar-refractivity contribution in [2.45, 2.75) is 26.0 Å². The van der Waals surface area contributed by atoms with E-state index in [-0.39, 0.29) is 5.91 Å². The van der Waals surface area contributed by atoms with Crippen molar-refractivity contribution in [2.24, 2.45) is 0 Å². The van der Waals surface area contributed by atoms with Crippen LogP contribution in [0.5, 0.6) is 0 Å². The van der Waals surface area contributed by atoms with E-state index in [4.69, 9.17) is 0 Å². The van der Waals surface area contributed by atoms with Gasteiger partial charge in [0.1, 0.15) is 5.60 Å². The van der Waals surface area contributed by atoms with Gasteiger partial charge in [0.25, 0.3) is 5.91 Å². The average molecular weight is 286 g/mol. The Bertz CT molecular complexity index is 368. The highest BCUT2D eigenvalue weighted by molar-refractivity contribution is 9.10. The first-order valence-electron chi connectivity index (χ1n) is 5.03. The molecule has 4 heteroatoms. The first-order chi connectivity index (χ1) is 7.30. The first-order valence-corrected chi connectivity index (χ1v) is 5.82. The molecule has 0 unspecified atom stereocenters. The molecule has 88 valence electrons. The number of rotatable bonds is 3. The van der Waals surface area contributed by atoms with Crippen molar-refractivity contribution in [3.8, 4) is 0 Å². The van der Waals surface area contributed by atoms with Gasteiger partial charge in [-0.1, -0.05) is 28.1 Å². The quantitative estimate of drug-likeness (QED) is 0.925. The van der Waals surface area contributed by atoms with Crippen LogP contribution in [0.2, 0.25) is 0 Å². The molecule has 0 aliphatic heterocycles. The van der Waals surface area contributed by atoms with Crippen LogP contribution in [-0.2, 0) is 11.3 Å². The largest absolute Gasteiger partial charge is 0.381 e. The molecule has 0 fully saturated rings. The molecular formula is C12H16BrNO2. The summed E-state index contributed by atoms with van der Waals surface area (Å²) in [6.45, 7) is 3.48. The van der Waals surface area contributed by atoms with Crippen LogP contribution in [0, 0.1) is 0 Å². The molecule has 1 amide bonds. The van der Waals surface area contributed by atoms with E-state index in [0.29, 0.717) is 6.54 Å². The fourth-order valence-corrected chi connectivity index (χ4v) is 1.67. The maximum atomic E-state index is 11.7. The number of amides is 1. The smallest absolute Gasteiger partial charge is 0.253 e. The van der Waals surface area contributed by atoms with Crippen molar-refractivity contribution in [1.82, 2.24) is 4.90 Å². The lowest BCUT2D eigenvalue weighted by molar-refractivity contribution is -0.146. The van der Waals surface area contributed by atoms with Gasteiger partial charge in [-0.15, -0.1) is 0 Å². The van der Waals surface area contributed by atoms with E-state index < -0.39 is 5.60 Å². The van der Waals surface area contributed by atoms with E-state index in [1.807, 2.05) is 24.3 Å². The lowest BCUT2D eigenvalue weighted by atomic mass is 10.1. The molecule has 1 aromatic rings. The molecule has 0 bridgehead atoms. The number of aliphatic hydroxyl groups is 1. The van der Waals surface area contributed by atoms with E-state index in [1.165, 1.54) is 18.7 Å². The summed E-state index contributed by atoms with van der Waals surface area (Å²) in [5.41, 5.74) is -0.285. The van der Waals surface area contributed by atoms with Crippen LogP contribution in [0.15, 0.2) is 28.7 Å². The van der Waals surface area contributed by atoms with Gasteiger partial charge in [0, 0.05) is 18.1 Å². The van der Waals surface area contributed by atoms with Crippen molar-refractivity contribution >= 4 is 21.8 Å². The summed E-state index contributed by atoms with van der Waals surface area (Å²) in [5.74, 6) is -0.282. The Labute approximate surface area is 104 Å². The second kappa shape index (κ2) is 4.97. The van der Waals surface area contributed by atoms with Gasteiger partial charge in [0.15, 0.2) is 0 Å². The summed E-state index contributed by atoms with van der Waals surface area (Å²) in [6, 6.07) is 7.74. The topological polar surface area (TPSA) is 40.5 Å². The van der Waals surface area contributed by atoms with Crippen LogP contribution in [0.4, 0.5) is 0 Å². The predicted molar refractivity (Wildman–Crippen MR) is 66.9 cm³/mol. The summed E-state index contributed by atoms with van der Waals surface area (Å²) < 4.78 is 1.01. The third-order valence-electron chi connectivity index (χ3n) is 2.20. The van der Waals surface area contributed by atoms with E-state index in [2.05, 4.69) is 15.9 Å². The molecule has 0 radical (unpaired) electrons. The fraction of sp³-hybridized carbons (Fsp3) is 0.417. The molecule has 16 heavy (non-hydrogen) atoms. The van der Waals surface area contributed by atoms with Gasteiger partial charge >= 0.3 is 0 Å². The minimum atomic E-state index is -1.32. The molecule has 0 saturated carbocycles. The molecule has 1 rings (SSSR count). The number of benzene rings is 1. The van der Waals surface area contributed by atoms with Gasteiger partial charge in [-0.05, 0) is 31.5 Å². The Balaban J connectivity index is 2.68. The number of hydrogen-bond donors (Lipinski definition) is 1. The summed E-state index contributed by atoms with van der Waals surface area (Å²) in [6.07, 6.45) is 0. The van der Waals surface area contributed by atoms with Gasteiger partial charge in [-0.25, -0.2) is 0 Å². The predicted octanol–water partition coefficient (Wildman–Crippen LogP) is 2.18. The second-order valence-corrected chi connectivity index (χ2v) is 5.26. The maximum absolute atomic E-state index is 11.7. The highest BCUT2D eigenvalue weighted by Gasteiger charge is 2.27. The molecule has 0 heterocycles. The maximum Gasteiger partial charge on any atom is 0.253 e. The number of carbonyl (C=O) groups is 1. The Morgan fingerprint density at radius 3 is 2.31 bits per heavy atom. The molecular weight excluding hydrogens is 270 g/mol. The number of halogens is 1. The highest BCUT2D eigenvalue weighted by atomic mass is 79.9. The zero-order chi connectivity index (χ0) is 12.3. The van der Waals surface area contributed by atoms with Gasteiger partial charge < -0.3 is 10.0 Å². The van der Waals surface area contributed by atoms with Crippen LogP contribution in [-0.4, -0.2) is 28.6 Å². The number of hydrogen-bond acceptors (Lipinski definition) is 2. The Morgan fingerprint density at radius 2 is 1.88 bits per heavy atom. The van der Waals surface area contributed by atoms with E-state index >= 15 is 0 Å². The van der Waals surface area contributed by atoms with Crippen molar-refractivity contribution in [2.75, 3.05) is 7.05 Å². The zero-order valence-corrected chi connectivity index (χ0v) is 11.3. The van der Waals surface area contributed by atoms with Crippen molar-refractivity contribution in [3.05, 3.63) is 34.3 Å². The standard InChI is InChI=1S/C12H16BrNO2/c1-12(2,16)11(15)14(3)8-9-4-6-10(13)7-5-9/h4-7,16H,8H2,1-3H3. The number of nitrogens with zero attached hydrogens (tertiary/aromatic N) is 1. The SMILES string of the molecule is CN(Cc1ccc(Br)cc1)C(=O)C(C)(C)O. The normalized spacial score (nSPS) is 11.3. The molecule has 0 atom stereocenters. The number of likely N-dealkylation sites (N-methyl/N-ethyl adjacent to an activating group) is 1. The zero-order valence-electron chi connectivity index (χ0n) is 9.70. The molecule has 0 spiro atoms. The Hall–Kier alpha value is -0.870. The van der Waals surface area contributed by atoms with Gasteiger partial charge in [-0.2, -0.15) is 0 Å². The minimum Gasteiger partial charge on any atom is -0.381 e. The summed E-state index contributed by atoms with van der Waals surface area (Å²) in [4.78, 5) is 13.2. The van der Waals surface area contributed by atoms with Crippen LogP contribution in [0.1, 0.15) is 19.4 Å². The third-order valence-corrected chi connectivity index (χ3v) is 2.73. The van der Waals surface area contributed by atoms with E-state index in [1.54, 1.807) is 7.05 Å². The summed E-state index contributed by atoms with van der Waals surface area (Å²) in [5, 5.41) is 9.58. The lowest BCUT2D eigenvalue weighted by Gasteiger charge is -2.25. The highest BCUT2D eigenvalue weighted by Crippen LogP contribution is 2.13. The van der Waals surface area contributed by atoms with Gasteiger partial charge in [0.05, 0.1) is 0 Å². The molecule has 0 aromatic heterocycles. The van der Waals surface area contributed by atoms with Crippen molar-refractivity contribution in [3.63, 3.8) is 0 Å². The van der Waals surface area contributed by atoms with Crippen LogP contribution >= 0.6 is 15.9 Å². The molecule has 0 saturated heterocycles. The van der Waals surface area contributed by atoms with Gasteiger partial charge in [-0.3, -0.25) is 4.79 Å². The van der Waals surface area contributed by atoms with Crippen LogP contribution < -0.4 is 0 Å². The molecule has 0 aliphatic rings. The lowest BCUT2D eigenvalue weighted by Crippen LogP contribution is -2.42. The van der Waals surface area contributed by atoms with E-state index in [9.17, 15) is 9.90 Å². The fourth-order valence-electron chi connectivity index (χ4n) is 1.40. The third kappa shape index (κ3) is 3.61. The molecule has 1 N–H and O–H groups in total. The number of carbonyl (C=O) groups excluding carboxylic acids is 1.